The molecule has 90 valence electrons. The molecule has 1 aromatic rings. The van der Waals surface area contributed by atoms with Gasteiger partial charge in [-0.2, -0.15) is 8.42 Å². The molecule has 0 radical (unpaired) electrons. The van der Waals surface area contributed by atoms with Crippen LogP contribution in [-0.4, -0.2) is 13.0 Å². The van der Waals surface area contributed by atoms with E-state index in [2.05, 4.69) is 6.92 Å². The molecule has 0 bridgehead atoms. The minimum Gasteiger partial charge on any atom is -0.282 e. The summed E-state index contributed by atoms with van der Waals surface area (Å²) in [6, 6.07) is 4.75. The zero-order chi connectivity index (χ0) is 12.2. The Balaban J connectivity index is 2.91. The van der Waals surface area contributed by atoms with Crippen LogP contribution in [0, 0.1) is 6.92 Å². The van der Waals surface area contributed by atoms with Gasteiger partial charge in [0.2, 0.25) is 0 Å². The van der Waals surface area contributed by atoms with Crippen LogP contribution in [0.3, 0.4) is 0 Å². The lowest BCUT2D eigenvalue weighted by Crippen LogP contribution is -2.00. The second-order valence-electron chi connectivity index (χ2n) is 4.02. The van der Waals surface area contributed by atoms with Gasteiger partial charge in [0.1, 0.15) is 0 Å². The van der Waals surface area contributed by atoms with Gasteiger partial charge in [-0.15, -0.1) is 0 Å². The molecule has 0 heterocycles. The highest BCUT2D eigenvalue weighted by Gasteiger charge is 2.10. The third-order valence-corrected chi connectivity index (χ3v) is 3.52. The monoisotopic (exact) mass is 242 g/mol. The van der Waals surface area contributed by atoms with Gasteiger partial charge in [-0.25, -0.2) is 0 Å². The van der Waals surface area contributed by atoms with Gasteiger partial charge in [0.15, 0.2) is 0 Å². The number of aryl methyl sites for hydroxylation is 2. The molecule has 16 heavy (non-hydrogen) atoms. The molecule has 1 N–H and O–H groups in total. The van der Waals surface area contributed by atoms with Gasteiger partial charge in [-0.1, -0.05) is 25.8 Å². The van der Waals surface area contributed by atoms with Gasteiger partial charge < -0.3 is 0 Å². The maximum Gasteiger partial charge on any atom is 0.294 e. The van der Waals surface area contributed by atoms with Crippen LogP contribution in [-0.2, 0) is 16.5 Å². The predicted octanol–water partition coefficient (Wildman–Crippen LogP) is 2.97. The molecule has 0 fully saturated rings. The van der Waals surface area contributed by atoms with E-state index in [1.165, 1.54) is 6.07 Å². The van der Waals surface area contributed by atoms with Crippen LogP contribution < -0.4 is 0 Å². The van der Waals surface area contributed by atoms with Gasteiger partial charge in [0.05, 0.1) is 4.90 Å². The minimum absolute atomic E-state index is 0.00963. The smallest absolute Gasteiger partial charge is 0.282 e. The van der Waals surface area contributed by atoms with E-state index in [9.17, 15) is 8.42 Å². The summed E-state index contributed by atoms with van der Waals surface area (Å²) in [5.74, 6) is 0. The summed E-state index contributed by atoms with van der Waals surface area (Å²) in [4.78, 5) is -0.00963. The van der Waals surface area contributed by atoms with Crippen molar-refractivity contribution in [2.45, 2.75) is 44.4 Å². The number of unbranched alkanes of at least 4 members (excludes halogenated alkanes) is 2. The Morgan fingerprint density at radius 1 is 1.25 bits per heavy atom. The highest BCUT2D eigenvalue weighted by molar-refractivity contribution is 7.85. The zero-order valence-electron chi connectivity index (χ0n) is 9.73. The number of rotatable bonds is 5. The second-order valence-corrected chi connectivity index (χ2v) is 5.44. The van der Waals surface area contributed by atoms with Crippen molar-refractivity contribution in [3.8, 4) is 0 Å². The topological polar surface area (TPSA) is 54.4 Å². The normalized spacial score (nSPS) is 11.7. The Kier molecular flexibility index (Phi) is 4.50. The van der Waals surface area contributed by atoms with Crippen molar-refractivity contribution in [1.29, 1.82) is 0 Å². The Morgan fingerprint density at radius 2 is 1.94 bits per heavy atom. The first-order valence-corrected chi connectivity index (χ1v) is 6.96. The average molecular weight is 242 g/mol. The largest absolute Gasteiger partial charge is 0.294 e. The fraction of sp³-hybridized carbons (Fsp3) is 0.500. The molecule has 0 aliphatic heterocycles. The number of benzene rings is 1. The van der Waals surface area contributed by atoms with Crippen LogP contribution in [0.5, 0.6) is 0 Å². The summed E-state index contributed by atoms with van der Waals surface area (Å²) in [5.41, 5.74) is 2.08. The van der Waals surface area contributed by atoms with E-state index in [-0.39, 0.29) is 4.90 Å². The molecule has 0 spiro atoms. The molecule has 1 aromatic carbocycles. The quantitative estimate of drug-likeness (QED) is 0.638. The molecule has 0 aromatic heterocycles. The lowest BCUT2D eigenvalue weighted by atomic mass is 10.0. The molecule has 1 rings (SSSR count). The van der Waals surface area contributed by atoms with Crippen molar-refractivity contribution in [2.75, 3.05) is 0 Å². The van der Waals surface area contributed by atoms with Crippen molar-refractivity contribution in [3.63, 3.8) is 0 Å². The number of hydrogen-bond acceptors (Lipinski definition) is 2. The summed E-state index contributed by atoms with van der Waals surface area (Å²) >= 11 is 0. The first-order valence-electron chi connectivity index (χ1n) is 5.52. The van der Waals surface area contributed by atoms with Crippen LogP contribution in [0.4, 0.5) is 0 Å². The van der Waals surface area contributed by atoms with Crippen molar-refractivity contribution < 1.29 is 13.0 Å². The third-order valence-electron chi connectivity index (χ3n) is 2.67. The molecule has 0 saturated carbocycles. The van der Waals surface area contributed by atoms with Crippen molar-refractivity contribution >= 4 is 10.1 Å². The summed E-state index contributed by atoms with van der Waals surface area (Å²) in [7, 11) is -4.07. The molecule has 0 unspecified atom stereocenters. The Morgan fingerprint density at radius 3 is 2.50 bits per heavy atom. The predicted molar refractivity (Wildman–Crippen MR) is 64.2 cm³/mol. The Hall–Kier alpha value is -0.870. The molecular formula is C12H18O3S. The Labute approximate surface area is 97.2 Å². The maximum absolute atomic E-state index is 11.0. The highest BCUT2D eigenvalue weighted by atomic mass is 32.2. The lowest BCUT2D eigenvalue weighted by molar-refractivity contribution is 0.483. The van der Waals surface area contributed by atoms with Crippen LogP contribution in [0.25, 0.3) is 0 Å². The first kappa shape index (κ1) is 13.2. The zero-order valence-corrected chi connectivity index (χ0v) is 10.5. The highest BCUT2D eigenvalue weighted by Crippen LogP contribution is 2.17. The van der Waals surface area contributed by atoms with Crippen LogP contribution >= 0.6 is 0 Å². The molecule has 4 heteroatoms. The minimum atomic E-state index is -4.07. The maximum atomic E-state index is 11.0. The van der Waals surface area contributed by atoms with E-state index in [4.69, 9.17) is 4.55 Å². The third kappa shape index (κ3) is 3.61. The van der Waals surface area contributed by atoms with E-state index in [0.29, 0.717) is 0 Å². The fourth-order valence-corrected chi connectivity index (χ4v) is 2.17. The second kappa shape index (κ2) is 5.46. The molecule has 0 saturated heterocycles. The summed E-state index contributed by atoms with van der Waals surface area (Å²) in [5, 5.41) is 0. The standard InChI is InChI=1S/C12H18O3S/c1-3-4-5-6-11-9-12(16(13,14)15)8-7-10(11)2/h7-9H,3-6H2,1-2H3,(H,13,14,15). The van der Waals surface area contributed by atoms with Crippen molar-refractivity contribution in [2.24, 2.45) is 0 Å². The van der Waals surface area contributed by atoms with Gasteiger partial charge >= 0.3 is 0 Å². The van der Waals surface area contributed by atoms with E-state index < -0.39 is 10.1 Å². The first-order chi connectivity index (χ1) is 7.45. The molecule has 0 aliphatic rings. The van der Waals surface area contributed by atoms with Crippen LogP contribution in [0.2, 0.25) is 0 Å². The van der Waals surface area contributed by atoms with Gasteiger partial charge in [-0.3, -0.25) is 4.55 Å². The van der Waals surface area contributed by atoms with Gasteiger partial charge in [0.25, 0.3) is 10.1 Å². The molecule has 0 atom stereocenters. The lowest BCUT2D eigenvalue weighted by Gasteiger charge is -2.07. The fourth-order valence-electron chi connectivity index (χ4n) is 1.64. The van der Waals surface area contributed by atoms with Crippen molar-refractivity contribution in [1.82, 2.24) is 0 Å². The van der Waals surface area contributed by atoms with Gasteiger partial charge in [-0.05, 0) is 43.0 Å². The van der Waals surface area contributed by atoms with Crippen LogP contribution in [0.1, 0.15) is 37.3 Å². The summed E-state index contributed by atoms with van der Waals surface area (Å²) < 4.78 is 30.9. The van der Waals surface area contributed by atoms with E-state index in [1.807, 2.05) is 6.92 Å². The van der Waals surface area contributed by atoms with Crippen LogP contribution in [0.15, 0.2) is 23.1 Å². The number of hydrogen-bond donors (Lipinski definition) is 1. The molecular weight excluding hydrogens is 224 g/mol. The summed E-state index contributed by atoms with van der Waals surface area (Å²) in [6.45, 7) is 4.08. The van der Waals surface area contributed by atoms with Crippen molar-refractivity contribution in [3.05, 3.63) is 29.3 Å². The van der Waals surface area contributed by atoms with E-state index in [1.54, 1.807) is 12.1 Å². The Bertz CT molecular complexity index is 449. The van der Waals surface area contributed by atoms with Gasteiger partial charge in [0, 0.05) is 0 Å². The molecule has 0 amide bonds. The summed E-state index contributed by atoms with van der Waals surface area (Å²) in [6.07, 6.45) is 4.18. The van der Waals surface area contributed by atoms with E-state index >= 15 is 0 Å². The average Bonchev–Trinajstić information content (AvgIpc) is 2.19. The SMILES string of the molecule is CCCCCc1cc(S(=O)(=O)O)ccc1C. The van der Waals surface area contributed by atoms with E-state index in [0.717, 1.165) is 36.8 Å². The molecule has 3 nitrogen and oxygen atoms in total. The molecule has 0 aliphatic carbocycles.